The molecule has 0 saturated heterocycles. The van der Waals surface area contributed by atoms with Crippen molar-refractivity contribution < 1.29 is 4.79 Å². The molecule has 0 heterocycles. The number of carbonyl (C=O) groups is 1. The standard InChI is InChI=1S/C14H19NO/c1-5-7-13(16)15-14-11(4)8-6-9-12(14)10(2)3/h5-10H,1-4H3,(H,15,16). The van der Waals surface area contributed by atoms with Crippen molar-refractivity contribution in [2.24, 2.45) is 0 Å². The Morgan fingerprint density at radius 3 is 2.62 bits per heavy atom. The molecule has 1 rings (SSSR count). The number of rotatable bonds is 3. The highest BCUT2D eigenvalue weighted by Gasteiger charge is 2.10. The lowest BCUT2D eigenvalue weighted by Gasteiger charge is -2.15. The third kappa shape index (κ3) is 2.96. The Bertz CT molecular complexity index is 405. The summed E-state index contributed by atoms with van der Waals surface area (Å²) in [6.07, 6.45) is 3.28. The molecule has 1 N–H and O–H groups in total. The van der Waals surface area contributed by atoms with Crippen LogP contribution in [0.15, 0.2) is 30.4 Å². The van der Waals surface area contributed by atoms with E-state index in [1.807, 2.05) is 26.0 Å². The van der Waals surface area contributed by atoms with Crippen molar-refractivity contribution in [2.75, 3.05) is 5.32 Å². The number of hydrogen-bond donors (Lipinski definition) is 1. The predicted molar refractivity (Wildman–Crippen MR) is 68.7 cm³/mol. The smallest absolute Gasteiger partial charge is 0.248 e. The van der Waals surface area contributed by atoms with Crippen LogP contribution in [-0.4, -0.2) is 5.91 Å². The number of nitrogens with one attached hydrogen (secondary N) is 1. The molecule has 16 heavy (non-hydrogen) atoms. The number of anilines is 1. The van der Waals surface area contributed by atoms with Crippen molar-refractivity contribution in [3.63, 3.8) is 0 Å². The first-order chi connectivity index (χ1) is 7.56. The molecule has 0 saturated carbocycles. The van der Waals surface area contributed by atoms with E-state index >= 15 is 0 Å². The highest BCUT2D eigenvalue weighted by Crippen LogP contribution is 2.27. The Labute approximate surface area is 97.4 Å². The number of aryl methyl sites for hydroxylation is 1. The van der Waals surface area contributed by atoms with Gasteiger partial charge >= 0.3 is 0 Å². The Kier molecular flexibility index (Phi) is 4.29. The fourth-order valence-electron chi connectivity index (χ4n) is 1.66. The second-order valence-electron chi connectivity index (χ2n) is 4.18. The van der Waals surface area contributed by atoms with E-state index in [1.54, 1.807) is 6.08 Å². The van der Waals surface area contributed by atoms with Crippen molar-refractivity contribution >= 4 is 11.6 Å². The fraction of sp³-hybridized carbons (Fsp3) is 0.357. The molecular formula is C14H19NO. The topological polar surface area (TPSA) is 29.1 Å². The maximum atomic E-state index is 11.5. The molecule has 2 heteroatoms. The van der Waals surface area contributed by atoms with Crippen LogP contribution in [0.25, 0.3) is 0 Å². The minimum atomic E-state index is -0.0706. The molecule has 0 aliphatic heterocycles. The first-order valence-electron chi connectivity index (χ1n) is 5.59. The van der Waals surface area contributed by atoms with Gasteiger partial charge in [0.05, 0.1) is 0 Å². The summed E-state index contributed by atoms with van der Waals surface area (Å²) in [5, 5.41) is 2.94. The third-order valence-electron chi connectivity index (χ3n) is 2.49. The summed E-state index contributed by atoms with van der Waals surface area (Å²) in [6.45, 7) is 8.10. The summed E-state index contributed by atoms with van der Waals surface area (Å²) in [6, 6.07) is 6.09. The van der Waals surface area contributed by atoms with Gasteiger partial charge in [-0.15, -0.1) is 0 Å². The van der Waals surface area contributed by atoms with E-state index in [1.165, 1.54) is 11.6 Å². The van der Waals surface area contributed by atoms with E-state index in [0.717, 1.165) is 11.3 Å². The van der Waals surface area contributed by atoms with Crippen molar-refractivity contribution in [3.8, 4) is 0 Å². The van der Waals surface area contributed by atoms with Gasteiger partial charge in [-0.05, 0) is 37.0 Å². The minimum Gasteiger partial charge on any atom is -0.322 e. The zero-order valence-electron chi connectivity index (χ0n) is 10.4. The van der Waals surface area contributed by atoms with Gasteiger partial charge in [0.15, 0.2) is 0 Å². The third-order valence-corrected chi connectivity index (χ3v) is 2.49. The maximum Gasteiger partial charge on any atom is 0.248 e. The van der Waals surface area contributed by atoms with Gasteiger partial charge in [0.25, 0.3) is 0 Å². The van der Waals surface area contributed by atoms with E-state index in [4.69, 9.17) is 0 Å². The Morgan fingerprint density at radius 2 is 2.06 bits per heavy atom. The number of amides is 1. The predicted octanol–water partition coefficient (Wildman–Crippen LogP) is 3.63. The summed E-state index contributed by atoms with van der Waals surface area (Å²) in [7, 11) is 0. The van der Waals surface area contributed by atoms with Crippen LogP contribution in [-0.2, 0) is 4.79 Å². The zero-order chi connectivity index (χ0) is 12.1. The molecule has 0 fully saturated rings. The molecule has 1 aromatic carbocycles. The number of allylic oxidation sites excluding steroid dienone is 1. The second kappa shape index (κ2) is 5.50. The van der Waals surface area contributed by atoms with Gasteiger partial charge in [-0.3, -0.25) is 4.79 Å². The molecular weight excluding hydrogens is 198 g/mol. The minimum absolute atomic E-state index is 0.0706. The van der Waals surface area contributed by atoms with Crippen LogP contribution < -0.4 is 5.32 Å². The van der Waals surface area contributed by atoms with Gasteiger partial charge in [0.1, 0.15) is 0 Å². The van der Waals surface area contributed by atoms with Crippen molar-refractivity contribution in [2.45, 2.75) is 33.6 Å². The molecule has 1 aromatic rings. The van der Waals surface area contributed by atoms with Gasteiger partial charge in [-0.1, -0.05) is 38.1 Å². The molecule has 1 amide bonds. The second-order valence-corrected chi connectivity index (χ2v) is 4.18. The molecule has 0 aliphatic carbocycles. The van der Waals surface area contributed by atoms with Crippen LogP contribution in [0.5, 0.6) is 0 Å². The van der Waals surface area contributed by atoms with E-state index in [0.29, 0.717) is 5.92 Å². The Hall–Kier alpha value is -1.57. The summed E-state index contributed by atoms with van der Waals surface area (Å²) in [5.74, 6) is 0.333. The largest absolute Gasteiger partial charge is 0.322 e. The highest BCUT2D eigenvalue weighted by atomic mass is 16.1. The van der Waals surface area contributed by atoms with Gasteiger partial charge in [-0.25, -0.2) is 0 Å². The average Bonchev–Trinajstić information content (AvgIpc) is 2.21. The SMILES string of the molecule is CC=CC(=O)Nc1c(C)cccc1C(C)C. The summed E-state index contributed by atoms with van der Waals surface area (Å²) in [4.78, 5) is 11.5. The van der Waals surface area contributed by atoms with Crippen LogP contribution in [0.1, 0.15) is 37.8 Å². The van der Waals surface area contributed by atoms with E-state index in [9.17, 15) is 4.79 Å². The van der Waals surface area contributed by atoms with Crippen molar-refractivity contribution in [3.05, 3.63) is 41.5 Å². The van der Waals surface area contributed by atoms with Crippen molar-refractivity contribution in [1.29, 1.82) is 0 Å². The lowest BCUT2D eigenvalue weighted by molar-refractivity contribution is -0.111. The van der Waals surface area contributed by atoms with E-state index in [-0.39, 0.29) is 5.91 Å². The quantitative estimate of drug-likeness (QED) is 0.769. The lowest BCUT2D eigenvalue weighted by atomic mass is 9.98. The van der Waals surface area contributed by atoms with Crippen LogP contribution in [0.3, 0.4) is 0 Å². The number of carbonyl (C=O) groups excluding carboxylic acids is 1. The first kappa shape index (κ1) is 12.5. The van der Waals surface area contributed by atoms with Crippen LogP contribution in [0.4, 0.5) is 5.69 Å². The number of para-hydroxylation sites is 1. The molecule has 0 atom stereocenters. The molecule has 86 valence electrons. The highest BCUT2D eigenvalue weighted by molar-refractivity contribution is 6.00. The molecule has 0 radical (unpaired) electrons. The normalized spacial score (nSPS) is 11.1. The summed E-state index contributed by atoms with van der Waals surface area (Å²) >= 11 is 0. The number of hydrogen-bond acceptors (Lipinski definition) is 1. The molecule has 0 spiro atoms. The van der Waals surface area contributed by atoms with Crippen LogP contribution >= 0.6 is 0 Å². The maximum absolute atomic E-state index is 11.5. The van der Waals surface area contributed by atoms with Gasteiger partial charge in [-0.2, -0.15) is 0 Å². The van der Waals surface area contributed by atoms with E-state index in [2.05, 4.69) is 25.2 Å². The summed E-state index contributed by atoms with van der Waals surface area (Å²) < 4.78 is 0. The van der Waals surface area contributed by atoms with Crippen LogP contribution in [0, 0.1) is 6.92 Å². The zero-order valence-corrected chi connectivity index (χ0v) is 10.4. The van der Waals surface area contributed by atoms with Gasteiger partial charge in [0, 0.05) is 5.69 Å². The Morgan fingerprint density at radius 1 is 1.38 bits per heavy atom. The van der Waals surface area contributed by atoms with Crippen LogP contribution in [0.2, 0.25) is 0 Å². The monoisotopic (exact) mass is 217 g/mol. The van der Waals surface area contributed by atoms with Gasteiger partial charge < -0.3 is 5.32 Å². The molecule has 0 aromatic heterocycles. The molecule has 2 nitrogen and oxygen atoms in total. The Balaban J connectivity index is 3.06. The molecule has 0 bridgehead atoms. The van der Waals surface area contributed by atoms with Gasteiger partial charge in [0.2, 0.25) is 5.91 Å². The summed E-state index contributed by atoms with van der Waals surface area (Å²) in [5.41, 5.74) is 3.22. The molecule has 0 unspecified atom stereocenters. The van der Waals surface area contributed by atoms with Crippen molar-refractivity contribution in [1.82, 2.24) is 0 Å². The number of benzene rings is 1. The van der Waals surface area contributed by atoms with E-state index < -0.39 is 0 Å². The fourth-order valence-corrected chi connectivity index (χ4v) is 1.66. The first-order valence-corrected chi connectivity index (χ1v) is 5.59. The average molecular weight is 217 g/mol. The lowest BCUT2D eigenvalue weighted by Crippen LogP contribution is -2.11. The molecule has 0 aliphatic rings.